The molecule has 0 rings (SSSR count). The number of hydrogen-bond acceptors (Lipinski definition) is 3. The molecular weight excluding hydrogens is 118 g/mol. The van der Waals surface area contributed by atoms with Crippen molar-refractivity contribution in [2.45, 2.75) is 32.3 Å². The van der Waals surface area contributed by atoms with E-state index in [1.807, 2.05) is 0 Å². The van der Waals surface area contributed by atoms with Crippen LogP contribution >= 0.6 is 0 Å². The van der Waals surface area contributed by atoms with Gasteiger partial charge in [-0.15, -0.1) is 0 Å². The first-order chi connectivity index (χ1) is 4.35. The number of hydrogen-bond donors (Lipinski definition) is 2. The topological polar surface area (TPSA) is 55.5 Å². The first-order valence-corrected chi connectivity index (χ1v) is 3.31. The van der Waals surface area contributed by atoms with Crippen molar-refractivity contribution >= 4 is 0 Å². The lowest BCUT2D eigenvalue weighted by Gasteiger charge is -2.10. The average Bonchev–Trinajstić information content (AvgIpc) is 1.88. The fourth-order valence-electron chi connectivity index (χ4n) is 0.746. The van der Waals surface area contributed by atoms with Gasteiger partial charge in [0.15, 0.2) is 0 Å². The molecule has 0 spiro atoms. The Morgan fingerprint density at radius 2 is 2.22 bits per heavy atom. The molecule has 0 aliphatic carbocycles. The molecule has 0 fully saturated rings. The normalized spacial score (nSPS) is 13.7. The molecule has 0 saturated heterocycles. The summed E-state index contributed by atoms with van der Waals surface area (Å²) in [5.41, 5.74) is 0. The first-order valence-electron chi connectivity index (χ1n) is 3.31. The van der Waals surface area contributed by atoms with Crippen molar-refractivity contribution in [1.82, 2.24) is 0 Å². The van der Waals surface area contributed by atoms with Crippen LogP contribution in [0.15, 0.2) is 0 Å². The molecule has 0 radical (unpaired) electrons. The van der Waals surface area contributed by atoms with Crippen LogP contribution in [0.25, 0.3) is 0 Å². The van der Waals surface area contributed by atoms with E-state index >= 15 is 0 Å². The Bertz CT molecular complexity index is 53.0. The standard InChI is InChI=1S/C6H15NO2/c1-2-3-6(9-7)4-5-8/h6,8H,2-5,7H2,1H3. The van der Waals surface area contributed by atoms with Gasteiger partial charge in [0.25, 0.3) is 0 Å². The lowest BCUT2D eigenvalue weighted by molar-refractivity contribution is 0.0293. The maximum Gasteiger partial charge on any atom is 0.0809 e. The van der Waals surface area contributed by atoms with E-state index in [4.69, 9.17) is 11.0 Å². The Hall–Kier alpha value is -0.120. The van der Waals surface area contributed by atoms with E-state index in [0.717, 1.165) is 12.8 Å². The predicted octanol–water partition coefficient (Wildman–Crippen LogP) is 0.428. The SMILES string of the molecule is CCCC(CCO)ON. The van der Waals surface area contributed by atoms with Crippen molar-refractivity contribution in [1.29, 1.82) is 0 Å². The minimum atomic E-state index is 0.0417. The largest absolute Gasteiger partial charge is 0.396 e. The van der Waals surface area contributed by atoms with Gasteiger partial charge in [0.2, 0.25) is 0 Å². The third-order valence-corrected chi connectivity index (χ3v) is 1.25. The van der Waals surface area contributed by atoms with Crippen molar-refractivity contribution in [3.63, 3.8) is 0 Å². The van der Waals surface area contributed by atoms with Gasteiger partial charge in [0.1, 0.15) is 0 Å². The molecule has 3 heteroatoms. The highest BCUT2D eigenvalue weighted by molar-refractivity contribution is 4.53. The third kappa shape index (κ3) is 4.39. The molecule has 1 unspecified atom stereocenters. The van der Waals surface area contributed by atoms with E-state index in [2.05, 4.69) is 11.8 Å². The van der Waals surface area contributed by atoms with E-state index in [0.29, 0.717) is 6.42 Å². The zero-order chi connectivity index (χ0) is 7.11. The van der Waals surface area contributed by atoms with Crippen molar-refractivity contribution in [3.05, 3.63) is 0 Å². The third-order valence-electron chi connectivity index (χ3n) is 1.25. The number of aliphatic hydroxyl groups excluding tert-OH is 1. The first kappa shape index (κ1) is 8.88. The molecule has 1 atom stereocenters. The molecule has 0 aliphatic rings. The summed E-state index contributed by atoms with van der Waals surface area (Å²) in [6.07, 6.45) is 2.66. The summed E-state index contributed by atoms with van der Waals surface area (Å²) in [4.78, 5) is 4.57. The molecule has 0 aromatic heterocycles. The average molecular weight is 133 g/mol. The predicted molar refractivity (Wildman–Crippen MR) is 35.7 cm³/mol. The van der Waals surface area contributed by atoms with E-state index in [-0.39, 0.29) is 12.7 Å². The summed E-state index contributed by atoms with van der Waals surface area (Å²) >= 11 is 0. The maximum atomic E-state index is 8.46. The van der Waals surface area contributed by atoms with Crippen molar-refractivity contribution in [2.75, 3.05) is 6.61 Å². The quantitative estimate of drug-likeness (QED) is 0.535. The van der Waals surface area contributed by atoms with Crippen LogP contribution in [0, 0.1) is 0 Å². The van der Waals surface area contributed by atoms with Crippen LogP contribution in [0.3, 0.4) is 0 Å². The monoisotopic (exact) mass is 133 g/mol. The molecule has 0 aromatic carbocycles. The fourth-order valence-corrected chi connectivity index (χ4v) is 0.746. The molecule has 0 amide bonds. The highest BCUT2D eigenvalue weighted by Crippen LogP contribution is 2.02. The van der Waals surface area contributed by atoms with Crippen LogP contribution < -0.4 is 5.90 Å². The summed E-state index contributed by atoms with van der Waals surface area (Å²) < 4.78 is 0. The van der Waals surface area contributed by atoms with Gasteiger partial charge in [0.05, 0.1) is 6.10 Å². The summed E-state index contributed by atoms with van der Waals surface area (Å²) in [5, 5.41) is 8.46. The second kappa shape index (κ2) is 6.01. The molecule has 9 heavy (non-hydrogen) atoms. The van der Waals surface area contributed by atoms with E-state index in [9.17, 15) is 0 Å². The van der Waals surface area contributed by atoms with Crippen molar-refractivity contribution in [3.8, 4) is 0 Å². The summed E-state index contributed by atoms with van der Waals surface area (Å²) in [6, 6.07) is 0. The summed E-state index contributed by atoms with van der Waals surface area (Å²) in [6.45, 7) is 2.21. The Balaban J connectivity index is 3.18. The minimum absolute atomic E-state index is 0.0417. The Labute approximate surface area is 55.8 Å². The van der Waals surface area contributed by atoms with E-state index in [1.54, 1.807) is 0 Å². The molecule has 0 saturated carbocycles. The van der Waals surface area contributed by atoms with E-state index < -0.39 is 0 Å². The van der Waals surface area contributed by atoms with Gasteiger partial charge in [-0.05, 0) is 12.8 Å². The lowest BCUT2D eigenvalue weighted by Crippen LogP contribution is -2.18. The molecule has 0 heterocycles. The second-order valence-corrected chi connectivity index (χ2v) is 2.06. The van der Waals surface area contributed by atoms with Crippen molar-refractivity contribution in [2.24, 2.45) is 5.90 Å². The molecular formula is C6H15NO2. The molecule has 3 N–H and O–H groups in total. The van der Waals surface area contributed by atoms with Crippen LogP contribution in [-0.4, -0.2) is 17.8 Å². The number of nitrogens with two attached hydrogens (primary N) is 1. The second-order valence-electron chi connectivity index (χ2n) is 2.06. The fraction of sp³-hybridized carbons (Fsp3) is 1.00. The Morgan fingerprint density at radius 1 is 1.56 bits per heavy atom. The van der Waals surface area contributed by atoms with E-state index in [1.165, 1.54) is 0 Å². The molecule has 56 valence electrons. The Kier molecular flexibility index (Phi) is 5.93. The zero-order valence-corrected chi connectivity index (χ0v) is 5.84. The van der Waals surface area contributed by atoms with Crippen LogP contribution in [0.5, 0.6) is 0 Å². The van der Waals surface area contributed by atoms with Gasteiger partial charge >= 0.3 is 0 Å². The van der Waals surface area contributed by atoms with Gasteiger partial charge < -0.3 is 9.94 Å². The van der Waals surface area contributed by atoms with Gasteiger partial charge in [-0.3, -0.25) is 0 Å². The van der Waals surface area contributed by atoms with Crippen LogP contribution in [0.2, 0.25) is 0 Å². The molecule has 0 aromatic rings. The van der Waals surface area contributed by atoms with Gasteiger partial charge in [-0.2, -0.15) is 0 Å². The highest BCUT2D eigenvalue weighted by atomic mass is 16.6. The van der Waals surface area contributed by atoms with Gasteiger partial charge in [0, 0.05) is 6.61 Å². The number of aliphatic hydroxyl groups is 1. The van der Waals surface area contributed by atoms with Crippen molar-refractivity contribution < 1.29 is 9.94 Å². The zero-order valence-electron chi connectivity index (χ0n) is 5.84. The lowest BCUT2D eigenvalue weighted by atomic mass is 10.1. The van der Waals surface area contributed by atoms with Gasteiger partial charge in [-0.1, -0.05) is 13.3 Å². The highest BCUT2D eigenvalue weighted by Gasteiger charge is 2.03. The minimum Gasteiger partial charge on any atom is -0.396 e. The molecule has 0 bridgehead atoms. The maximum absolute atomic E-state index is 8.46. The molecule has 3 nitrogen and oxygen atoms in total. The van der Waals surface area contributed by atoms with Crippen LogP contribution in [-0.2, 0) is 4.84 Å². The number of rotatable bonds is 5. The Morgan fingerprint density at radius 3 is 2.56 bits per heavy atom. The smallest absolute Gasteiger partial charge is 0.0809 e. The summed E-state index contributed by atoms with van der Waals surface area (Å²) in [7, 11) is 0. The summed E-state index contributed by atoms with van der Waals surface area (Å²) in [5.74, 6) is 4.93. The molecule has 0 aliphatic heterocycles. The van der Waals surface area contributed by atoms with Crippen LogP contribution in [0.4, 0.5) is 0 Å². The van der Waals surface area contributed by atoms with Gasteiger partial charge in [-0.25, -0.2) is 5.90 Å². The van der Waals surface area contributed by atoms with Crippen LogP contribution in [0.1, 0.15) is 26.2 Å².